The minimum absolute atomic E-state index is 0.0381. The Morgan fingerprint density at radius 2 is 2.00 bits per heavy atom. The zero-order valence-corrected chi connectivity index (χ0v) is 16.2. The number of rotatable bonds is 7. The number of nitrogens with zero attached hydrogens (tertiary/aromatic N) is 3. The number of halogens is 1. The van der Waals surface area contributed by atoms with Crippen LogP contribution in [0.1, 0.15) is 18.4 Å². The maximum Gasteiger partial charge on any atom is 0.243 e. The standard InChI is InChI=1S/C20H30FN5O/c1-4-11-22-20(23-14-19(27)25(2)3)24-18-9-12-26(13-10-18)15-16-5-7-17(21)8-6-16/h4-8,18H,1,9-15H2,2-3H3,(H2,22,23,24). The number of carbonyl (C=O) groups excluding carboxylic acids is 1. The van der Waals surface area contributed by atoms with Gasteiger partial charge in [0, 0.05) is 46.3 Å². The molecular weight excluding hydrogens is 345 g/mol. The lowest BCUT2D eigenvalue weighted by molar-refractivity contribution is -0.127. The molecular formula is C20H30FN5O. The zero-order chi connectivity index (χ0) is 19.6. The van der Waals surface area contributed by atoms with Crippen molar-refractivity contribution in [2.45, 2.75) is 25.4 Å². The van der Waals surface area contributed by atoms with E-state index in [0.717, 1.165) is 38.0 Å². The number of likely N-dealkylation sites (tertiary alicyclic amines) is 1. The van der Waals surface area contributed by atoms with Crippen LogP contribution in [0.3, 0.4) is 0 Å². The number of nitrogens with one attached hydrogen (secondary N) is 2. The van der Waals surface area contributed by atoms with Gasteiger partial charge in [-0.2, -0.15) is 0 Å². The van der Waals surface area contributed by atoms with Crippen molar-refractivity contribution in [3.63, 3.8) is 0 Å². The van der Waals surface area contributed by atoms with Crippen LogP contribution in [0.5, 0.6) is 0 Å². The predicted molar refractivity (Wildman–Crippen MR) is 107 cm³/mol. The van der Waals surface area contributed by atoms with Gasteiger partial charge >= 0.3 is 0 Å². The Bertz CT molecular complexity index is 636. The predicted octanol–water partition coefficient (Wildman–Crippen LogP) is 1.60. The van der Waals surface area contributed by atoms with Crippen LogP contribution >= 0.6 is 0 Å². The minimum Gasteiger partial charge on any atom is -0.354 e. The summed E-state index contributed by atoms with van der Waals surface area (Å²) in [5.74, 6) is 0.402. The lowest BCUT2D eigenvalue weighted by Crippen LogP contribution is -2.48. The van der Waals surface area contributed by atoms with E-state index in [1.54, 1.807) is 20.2 Å². The summed E-state index contributed by atoms with van der Waals surface area (Å²) in [5, 5.41) is 6.59. The highest BCUT2D eigenvalue weighted by Gasteiger charge is 2.20. The molecule has 1 aromatic rings. The molecule has 1 heterocycles. The maximum absolute atomic E-state index is 13.0. The number of benzene rings is 1. The molecule has 148 valence electrons. The molecule has 27 heavy (non-hydrogen) atoms. The highest BCUT2D eigenvalue weighted by atomic mass is 19.1. The molecule has 1 amide bonds. The molecule has 0 aliphatic carbocycles. The third kappa shape index (κ3) is 7.38. The van der Waals surface area contributed by atoms with Crippen LogP contribution in [0.25, 0.3) is 0 Å². The maximum atomic E-state index is 13.0. The van der Waals surface area contributed by atoms with Crippen LogP contribution in [0, 0.1) is 5.82 Å². The van der Waals surface area contributed by atoms with Crippen molar-refractivity contribution < 1.29 is 9.18 Å². The number of piperidine rings is 1. The quantitative estimate of drug-likeness (QED) is 0.432. The van der Waals surface area contributed by atoms with Gasteiger partial charge in [0.05, 0.1) is 0 Å². The van der Waals surface area contributed by atoms with E-state index in [1.165, 1.54) is 17.0 Å². The van der Waals surface area contributed by atoms with Gasteiger partial charge in [0.15, 0.2) is 5.96 Å². The summed E-state index contributed by atoms with van der Waals surface area (Å²) in [7, 11) is 3.44. The number of amides is 1. The molecule has 0 radical (unpaired) electrons. The van der Waals surface area contributed by atoms with Gasteiger partial charge in [-0.3, -0.25) is 9.69 Å². The smallest absolute Gasteiger partial charge is 0.243 e. The van der Waals surface area contributed by atoms with Gasteiger partial charge in [-0.05, 0) is 30.5 Å². The van der Waals surface area contributed by atoms with E-state index < -0.39 is 0 Å². The fraction of sp³-hybridized carbons (Fsp3) is 0.500. The molecule has 2 rings (SSSR count). The number of aliphatic imine (C=N–C) groups is 1. The molecule has 1 aromatic carbocycles. The molecule has 6 nitrogen and oxygen atoms in total. The van der Waals surface area contributed by atoms with E-state index in [1.807, 2.05) is 12.1 Å². The first-order chi connectivity index (χ1) is 13.0. The van der Waals surface area contributed by atoms with Crippen LogP contribution < -0.4 is 10.6 Å². The topological polar surface area (TPSA) is 60.0 Å². The highest BCUT2D eigenvalue weighted by molar-refractivity contribution is 5.85. The molecule has 0 unspecified atom stereocenters. The average Bonchev–Trinajstić information content (AvgIpc) is 2.66. The van der Waals surface area contributed by atoms with Gasteiger partial charge in [0.25, 0.3) is 0 Å². The van der Waals surface area contributed by atoms with E-state index in [2.05, 4.69) is 27.1 Å². The van der Waals surface area contributed by atoms with Gasteiger partial charge in [-0.1, -0.05) is 18.2 Å². The second-order valence-electron chi connectivity index (χ2n) is 6.94. The average molecular weight is 375 g/mol. The first-order valence-electron chi connectivity index (χ1n) is 9.30. The van der Waals surface area contributed by atoms with Crippen LogP contribution in [0.15, 0.2) is 41.9 Å². The fourth-order valence-electron chi connectivity index (χ4n) is 2.89. The summed E-state index contributed by atoms with van der Waals surface area (Å²) in [6.45, 7) is 7.16. The van der Waals surface area contributed by atoms with Crippen LogP contribution in [-0.4, -0.2) is 68.0 Å². The van der Waals surface area contributed by atoms with Crippen molar-refractivity contribution in [1.82, 2.24) is 20.4 Å². The van der Waals surface area contributed by atoms with E-state index in [-0.39, 0.29) is 18.3 Å². The molecule has 0 saturated carbocycles. The molecule has 2 N–H and O–H groups in total. The van der Waals surface area contributed by atoms with Gasteiger partial charge in [0.1, 0.15) is 12.4 Å². The van der Waals surface area contributed by atoms with Crippen LogP contribution in [0.4, 0.5) is 4.39 Å². The third-order valence-electron chi connectivity index (χ3n) is 4.53. The minimum atomic E-state index is -0.201. The largest absolute Gasteiger partial charge is 0.354 e. The molecule has 0 atom stereocenters. The van der Waals surface area contributed by atoms with E-state index >= 15 is 0 Å². The summed E-state index contributed by atoms with van der Waals surface area (Å²) >= 11 is 0. The van der Waals surface area contributed by atoms with Crippen molar-refractivity contribution in [2.75, 3.05) is 40.3 Å². The number of guanidine groups is 1. The normalized spacial score (nSPS) is 16.0. The summed E-state index contributed by atoms with van der Waals surface area (Å²) in [6.07, 6.45) is 3.73. The van der Waals surface area contributed by atoms with E-state index in [0.29, 0.717) is 18.5 Å². The second kappa shape index (κ2) is 10.7. The summed E-state index contributed by atoms with van der Waals surface area (Å²) < 4.78 is 13.0. The zero-order valence-electron chi connectivity index (χ0n) is 16.2. The van der Waals surface area contributed by atoms with Crippen LogP contribution in [-0.2, 0) is 11.3 Å². The van der Waals surface area contributed by atoms with Gasteiger partial charge in [-0.25, -0.2) is 9.38 Å². The second-order valence-corrected chi connectivity index (χ2v) is 6.94. The van der Waals surface area contributed by atoms with E-state index in [9.17, 15) is 9.18 Å². The first-order valence-corrected chi connectivity index (χ1v) is 9.30. The number of hydrogen-bond acceptors (Lipinski definition) is 3. The van der Waals surface area contributed by atoms with Gasteiger partial charge in [-0.15, -0.1) is 6.58 Å². The van der Waals surface area contributed by atoms with Crippen molar-refractivity contribution in [3.8, 4) is 0 Å². The SMILES string of the molecule is C=CCNC(=NCC(=O)N(C)C)NC1CCN(Cc2ccc(F)cc2)CC1. The molecule has 0 aromatic heterocycles. The van der Waals surface area contributed by atoms with Crippen molar-refractivity contribution >= 4 is 11.9 Å². The lowest BCUT2D eigenvalue weighted by atomic mass is 10.0. The Labute approximate surface area is 161 Å². The van der Waals surface area contributed by atoms with Crippen molar-refractivity contribution in [1.29, 1.82) is 0 Å². The Hall–Kier alpha value is -2.41. The summed E-state index contributed by atoms with van der Waals surface area (Å²) in [4.78, 5) is 20.0. The first kappa shape index (κ1) is 20.9. The van der Waals surface area contributed by atoms with Crippen molar-refractivity contribution in [3.05, 3.63) is 48.3 Å². The molecule has 7 heteroatoms. The molecule has 1 saturated heterocycles. The number of carbonyl (C=O) groups is 1. The molecule has 1 aliphatic rings. The van der Waals surface area contributed by atoms with Gasteiger partial charge < -0.3 is 15.5 Å². The monoisotopic (exact) mass is 375 g/mol. The lowest BCUT2D eigenvalue weighted by Gasteiger charge is -2.33. The summed E-state index contributed by atoms with van der Waals surface area (Å²) in [5.41, 5.74) is 1.12. The van der Waals surface area contributed by atoms with Crippen molar-refractivity contribution in [2.24, 2.45) is 4.99 Å². The molecule has 1 aliphatic heterocycles. The summed E-state index contributed by atoms with van der Waals surface area (Å²) in [6, 6.07) is 7.00. The van der Waals surface area contributed by atoms with Gasteiger partial charge in [0.2, 0.25) is 5.91 Å². The molecule has 1 fully saturated rings. The number of hydrogen-bond donors (Lipinski definition) is 2. The molecule has 0 spiro atoms. The fourth-order valence-corrected chi connectivity index (χ4v) is 2.89. The Morgan fingerprint density at radius 1 is 1.33 bits per heavy atom. The Balaban J connectivity index is 1.83. The van der Waals surface area contributed by atoms with Crippen LogP contribution in [0.2, 0.25) is 0 Å². The molecule has 0 bridgehead atoms. The number of likely N-dealkylation sites (N-methyl/N-ethyl adjacent to an activating group) is 1. The third-order valence-corrected chi connectivity index (χ3v) is 4.53. The van der Waals surface area contributed by atoms with E-state index in [4.69, 9.17) is 0 Å². The highest BCUT2D eigenvalue weighted by Crippen LogP contribution is 2.14. The Morgan fingerprint density at radius 3 is 2.59 bits per heavy atom. The Kier molecular flexibility index (Phi) is 8.26.